The van der Waals surface area contributed by atoms with E-state index in [4.69, 9.17) is 12.3 Å². The normalized spacial score (nSPS) is 13.5. The Morgan fingerprint density at radius 1 is 0.517 bits per heavy atom. The molecule has 0 atom stereocenters. The first-order chi connectivity index (χ1) is 13.3. The predicted octanol–water partition coefficient (Wildman–Crippen LogP) is 6.41. The lowest BCUT2D eigenvalue weighted by Gasteiger charge is -2.43. The van der Waals surface area contributed by atoms with Gasteiger partial charge in [0, 0.05) is 12.1 Å². The van der Waals surface area contributed by atoms with E-state index < -0.39 is 33.8 Å². The molecule has 2 aromatic rings. The van der Waals surface area contributed by atoms with E-state index in [1.807, 2.05) is 0 Å². The second kappa shape index (κ2) is 9.55. The fourth-order valence-corrected chi connectivity index (χ4v) is 21.8. The number of hydrogen-bond donors (Lipinski definition) is 0. The van der Waals surface area contributed by atoms with Gasteiger partial charge in [-0.1, -0.05) is 60.7 Å². The SMILES string of the molecule is C[Si](C)(C)O[Si](C)(C)O[Si](Cc1ccccc1)(Cc1ccccc1)O[Si](C)(C)C. The van der Waals surface area contributed by atoms with Crippen molar-refractivity contribution in [2.45, 2.75) is 64.5 Å². The van der Waals surface area contributed by atoms with Gasteiger partial charge in [0.05, 0.1) is 0 Å². The minimum atomic E-state index is -2.63. The van der Waals surface area contributed by atoms with E-state index in [2.05, 4.69) is 113 Å². The van der Waals surface area contributed by atoms with E-state index in [9.17, 15) is 0 Å². The van der Waals surface area contributed by atoms with Gasteiger partial charge in [-0.2, -0.15) is 0 Å². The number of benzene rings is 2. The second-order valence-corrected chi connectivity index (χ2v) is 26.4. The average molecular weight is 463 g/mol. The fraction of sp³-hybridized carbons (Fsp3) is 0.455. The highest BCUT2D eigenvalue weighted by molar-refractivity contribution is 6.89. The van der Waals surface area contributed by atoms with Crippen molar-refractivity contribution in [2.75, 3.05) is 0 Å². The molecule has 0 N–H and O–H groups in total. The lowest BCUT2D eigenvalue weighted by molar-refractivity contribution is 0.315. The Kier molecular flexibility index (Phi) is 8.05. The van der Waals surface area contributed by atoms with Crippen LogP contribution in [0.4, 0.5) is 0 Å². The van der Waals surface area contributed by atoms with E-state index in [0.717, 1.165) is 12.1 Å². The largest absolute Gasteiger partial charge is 0.437 e. The van der Waals surface area contributed by atoms with Crippen LogP contribution in [0.1, 0.15) is 11.1 Å². The highest BCUT2D eigenvalue weighted by Crippen LogP contribution is 2.29. The van der Waals surface area contributed by atoms with Gasteiger partial charge in [0.1, 0.15) is 0 Å². The van der Waals surface area contributed by atoms with Crippen LogP contribution in [-0.4, -0.2) is 33.8 Å². The predicted molar refractivity (Wildman–Crippen MR) is 133 cm³/mol. The van der Waals surface area contributed by atoms with Crippen molar-refractivity contribution in [3.8, 4) is 0 Å². The van der Waals surface area contributed by atoms with Gasteiger partial charge in [0.15, 0.2) is 16.6 Å². The minimum absolute atomic E-state index is 0.846. The number of hydrogen-bond acceptors (Lipinski definition) is 3. The lowest BCUT2D eigenvalue weighted by Crippen LogP contribution is -2.61. The molecule has 2 rings (SSSR count). The first kappa shape index (κ1) is 24.5. The van der Waals surface area contributed by atoms with Crippen LogP contribution in [0.2, 0.25) is 52.4 Å². The monoisotopic (exact) mass is 462 g/mol. The van der Waals surface area contributed by atoms with Crippen LogP contribution in [0.3, 0.4) is 0 Å². The van der Waals surface area contributed by atoms with E-state index >= 15 is 0 Å². The zero-order valence-corrected chi connectivity index (χ0v) is 23.4. The summed E-state index contributed by atoms with van der Waals surface area (Å²) in [7, 11) is -8.55. The summed E-state index contributed by atoms with van der Waals surface area (Å²) < 4.78 is 20.7. The molecule has 0 aromatic heterocycles. The van der Waals surface area contributed by atoms with Crippen molar-refractivity contribution in [2.24, 2.45) is 0 Å². The van der Waals surface area contributed by atoms with Crippen molar-refractivity contribution < 1.29 is 12.3 Å². The van der Waals surface area contributed by atoms with E-state index in [1.165, 1.54) is 11.1 Å². The zero-order valence-electron chi connectivity index (χ0n) is 19.4. The molecule has 0 bridgehead atoms. The third-order valence-corrected chi connectivity index (χ3v) is 17.8. The number of rotatable bonds is 10. The first-order valence-electron chi connectivity index (χ1n) is 10.5. The lowest BCUT2D eigenvalue weighted by atomic mass is 10.2. The topological polar surface area (TPSA) is 27.7 Å². The maximum absolute atomic E-state index is 7.09. The molecule has 2 aromatic carbocycles. The Bertz CT molecular complexity index is 712. The van der Waals surface area contributed by atoms with Crippen LogP contribution >= 0.6 is 0 Å². The van der Waals surface area contributed by atoms with Crippen molar-refractivity contribution in [1.29, 1.82) is 0 Å². The van der Waals surface area contributed by atoms with E-state index in [-0.39, 0.29) is 0 Å². The highest BCUT2D eigenvalue weighted by atomic mass is 28.5. The summed E-state index contributed by atoms with van der Waals surface area (Å²) in [6.07, 6.45) is 0. The van der Waals surface area contributed by atoms with Crippen LogP contribution in [0.15, 0.2) is 60.7 Å². The quantitative estimate of drug-likeness (QED) is 0.382. The van der Waals surface area contributed by atoms with Gasteiger partial charge in [-0.25, -0.2) is 0 Å². The molecule has 0 radical (unpaired) electrons. The van der Waals surface area contributed by atoms with Gasteiger partial charge in [-0.15, -0.1) is 0 Å². The van der Waals surface area contributed by atoms with Gasteiger partial charge < -0.3 is 12.3 Å². The fourth-order valence-electron chi connectivity index (χ4n) is 3.81. The molecule has 0 fully saturated rings. The van der Waals surface area contributed by atoms with Gasteiger partial charge in [-0.3, -0.25) is 0 Å². The van der Waals surface area contributed by atoms with Crippen LogP contribution in [0, 0.1) is 0 Å². The van der Waals surface area contributed by atoms with Gasteiger partial charge >= 0.3 is 17.1 Å². The molecule has 160 valence electrons. The van der Waals surface area contributed by atoms with Crippen LogP contribution in [0.5, 0.6) is 0 Å². The van der Waals surface area contributed by atoms with Gasteiger partial charge in [0.2, 0.25) is 0 Å². The minimum Gasteiger partial charge on any atom is -0.437 e. The van der Waals surface area contributed by atoms with Gasteiger partial charge in [-0.05, 0) is 63.5 Å². The molecule has 0 amide bonds. The summed E-state index contributed by atoms with van der Waals surface area (Å²) in [6.45, 7) is 17.9. The Labute approximate surface area is 182 Å². The second-order valence-electron chi connectivity index (χ2n) is 10.2. The molecule has 0 saturated heterocycles. The standard InChI is InChI=1S/C22H38O3Si4/c1-26(2,3)23-28(7,8)25-29(24-27(4,5)6,19-21-15-11-9-12-16-21)20-22-17-13-10-14-18-22/h9-18H,19-20H2,1-8H3. The maximum atomic E-state index is 7.09. The highest BCUT2D eigenvalue weighted by Gasteiger charge is 2.48. The third kappa shape index (κ3) is 9.25. The summed E-state index contributed by atoms with van der Waals surface area (Å²) in [5, 5.41) is 0. The Hall–Kier alpha value is -0.812. The van der Waals surface area contributed by atoms with Crippen LogP contribution in [-0.2, 0) is 24.4 Å². The third-order valence-electron chi connectivity index (χ3n) is 4.11. The van der Waals surface area contributed by atoms with Crippen molar-refractivity contribution in [3.63, 3.8) is 0 Å². The molecule has 7 heteroatoms. The van der Waals surface area contributed by atoms with Crippen molar-refractivity contribution in [1.82, 2.24) is 0 Å². The Morgan fingerprint density at radius 2 is 0.897 bits per heavy atom. The maximum Gasteiger partial charge on any atom is 0.328 e. The van der Waals surface area contributed by atoms with Crippen LogP contribution < -0.4 is 0 Å². The summed E-state index contributed by atoms with van der Waals surface area (Å²) in [5.74, 6) is 0. The van der Waals surface area contributed by atoms with Crippen molar-refractivity contribution in [3.05, 3.63) is 71.8 Å². The summed E-state index contributed by atoms with van der Waals surface area (Å²) in [6, 6.07) is 23.0. The Morgan fingerprint density at radius 3 is 1.24 bits per heavy atom. The molecule has 0 saturated carbocycles. The summed E-state index contributed by atoms with van der Waals surface area (Å²) in [5.41, 5.74) is 2.57. The van der Waals surface area contributed by atoms with E-state index in [0.29, 0.717) is 0 Å². The molecule has 3 nitrogen and oxygen atoms in total. The zero-order chi connectivity index (χ0) is 21.8. The molecule has 0 heterocycles. The molecular formula is C22H38O3Si4. The first-order valence-corrected chi connectivity index (χ1v) is 22.3. The molecule has 0 aliphatic rings. The molecular weight excluding hydrogens is 425 g/mol. The molecule has 0 aliphatic heterocycles. The molecule has 0 spiro atoms. The molecule has 0 unspecified atom stereocenters. The Balaban J connectivity index is 2.48. The van der Waals surface area contributed by atoms with Crippen molar-refractivity contribution >= 4 is 33.8 Å². The summed E-state index contributed by atoms with van der Waals surface area (Å²) >= 11 is 0. The van der Waals surface area contributed by atoms with E-state index in [1.54, 1.807) is 0 Å². The smallest absolute Gasteiger partial charge is 0.328 e. The van der Waals surface area contributed by atoms with Crippen LogP contribution in [0.25, 0.3) is 0 Å². The molecule has 29 heavy (non-hydrogen) atoms. The average Bonchev–Trinajstić information content (AvgIpc) is 2.51. The molecule has 0 aliphatic carbocycles. The summed E-state index contributed by atoms with van der Waals surface area (Å²) in [4.78, 5) is 0. The van der Waals surface area contributed by atoms with Gasteiger partial charge in [0.25, 0.3) is 0 Å².